The maximum absolute atomic E-state index is 13.3. The summed E-state index contributed by atoms with van der Waals surface area (Å²) in [5.41, 5.74) is 0. The van der Waals surface area contributed by atoms with E-state index in [1.165, 1.54) is 12.3 Å². The molecule has 0 aromatic carbocycles. The van der Waals surface area contributed by atoms with E-state index in [1.807, 2.05) is 0 Å². The largest absolute Gasteiger partial charge is 0.393 e. The Kier molecular flexibility index (Phi) is 3.61. The number of rotatable bonds is 3. The molecule has 2 N–H and O–H groups in total. The van der Waals surface area contributed by atoms with Crippen LogP contribution in [0.5, 0.6) is 0 Å². The molecular formula is C11H14ClFN2O. The van der Waals surface area contributed by atoms with E-state index < -0.39 is 5.82 Å². The fraction of sp³-hybridized carbons (Fsp3) is 0.545. The second-order valence-corrected chi connectivity index (χ2v) is 4.63. The minimum absolute atomic E-state index is 0.199. The molecule has 1 heterocycles. The fourth-order valence-electron chi connectivity index (χ4n) is 2.02. The van der Waals surface area contributed by atoms with Crippen molar-refractivity contribution in [3.05, 3.63) is 23.1 Å². The molecule has 1 fully saturated rings. The summed E-state index contributed by atoms with van der Waals surface area (Å²) in [6.45, 7) is 0.641. The monoisotopic (exact) mass is 244 g/mol. The molecule has 2 atom stereocenters. The van der Waals surface area contributed by atoms with Crippen molar-refractivity contribution in [3.8, 4) is 0 Å². The van der Waals surface area contributed by atoms with Gasteiger partial charge >= 0.3 is 0 Å². The van der Waals surface area contributed by atoms with Gasteiger partial charge in [-0.3, -0.25) is 0 Å². The summed E-state index contributed by atoms with van der Waals surface area (Å²) < 4.78 is 13.3. The third kappa shape index (κ3) is 2.83. The SMILES string of the molecule is OC1CCC(CNc2ncc(Cl)cc2F)C1. The summed E-state index contributed by atoms with van der Waals surface area (Å²) in [6, 6.07) is 1.24. The first-order valence-electron chi connectivity index (χ1n) is 5.38. The lowest BCUT2D eigenvalue weighted by molar-refractivity contribution is 0.178. The molecule has 1 aliphatic rings. The quantitative estimate of drug-likeness (QED) is 0.859. The molecule has 1 aliphatic carbocycles. The van der Waals surface area contributed by atoms with Gasteiger partial charge in [-0.1, -0.05) is 11.6 Å². The second kappa shape index (κ2) is 4.97. The highest BCUT2D eigenvalue weighted by molar-refractivity contribution is 6.30. The summed E-state index contributed by atoms with van der Waals surface area (Å²) in [4.78, 5) is 3.88. The minimum Gasteiger partial charge on any atom is -0.393 e. The molecular weight excluding hydrogens is 231 g/mol. The Morgan fingerprint density at radius 2 is 2.38 bits per heavy atom. The van der Waals surface area contributed by atoms with Crippen molar-refractivity contribution in [2.24, 2.45) is 5.92 Å². The van der Waals surface area contributed by atoms with Crippen LogP contribution in [0.2, 0.25) is 5.02 Å². The second-order valence-electron chi connectivity index (χ2n) is 4.20. The molecule has 2 rings (SSSR count). The van der Waals surface area contributed by atoms with Crippen LogP contribution in [0.15, 0.2) is 12.3 Å². The lowest BCUT2D eigenvalue weighted by Crippen LogP contribution is -2.14. The van der Waals surface area contributed by atoms with Crippen LogP contribution in [0.4, 0.5) is 10.2 Å². The van der Waals surface area contributed by atoms with E-state index in [9.17, 15) is 9.50 Å². The zero-order valence-corrected chi connectivity index (χ0v) is 9.54. The first-order valence-corrected chi connectivity index (χ1v) is 5.76. The Hall–Kier alpha value is -0.870. The van der Waals surface area contributed by atoms with Gasteiger partial charge in [0, 0.05) is 12.7 Å². The standard InChI is InChI=1S/C11H14ClFN2O/c12-8-4-10(13)11(15-6-8)14-5-7-1-2-9(16)3-7/h4,6-7,9,16H,1-3,5H2,(H,14,15). The number of aromatic nitrogens is 1. The number of hydrogen-bond acceptors (Lipinski definition) is 3. The Bertz CT molecular complexity index is 375. The summed E-state index contributed by atoms with van der Waals surface area (Å²) in [7, 11) is 0. The van der Waals surface area contributed by atoms with E-state index in [1.54, 1.807) is 0 Å². The molecule has 0 radical (unpaired) electrons. The number of halogens is 2. The highest BCUT2D eigenvalue weighted by Crippen LogP contribution is 2.26. The van der Waals surface area contributed by atoms with Crippen molar-refractivity contribution in [2.45, 2.75) is 25.4 Å². The van der Waals surface area contributed by atoms with Gasteiger partial charge < -0.3 is 10.4 Å². The van der Waals surface area contributed by atoms with E-state index >= 15 is 0 Å². The summed E-state index contributed by atoms with van der Waals surface area (Å²) >= 11 is 5.60. The van der Waals surface area contributed by atoms with Crippen molar-refractivity contribution in [2.75, 3.05) is 11.9 Å². The Labute approximate surface area is 98.6 Å². The molecule has 16 heavy (non-hydrogen) atoms. The molecule has 0 bridgehead atoms. The van der Waals surface area contributed by atoms with Crippen molar-refractivity contribution >= 4 is 17.4 Å². The molecule has 0 aliphatic heterocycles. The van der Waals surface area contributed by atoms with E-state index in [0.29, 0.717) is 17.5 Å². The molecule has 5 heteroatoms. The van der Waals surface area contributed by atoms with E-state index in [-0.39, 0.29) is 11.9 Å². The molecule has 1 aromatic rings. The number of nitrogens with zero attached hydrogens (tertiary/aromatic N) is 1. The number of aliphatic hydroxyl groups excluding tert-OH is 1. The molecule has 0 spiro atoms. The predicted octanol–water partition coefficient (Wildman–Crippen LogP) is 2.45. The average molecular weight is 245 g/mol. The van der Waals surface area contributed by atoms with Crippen molar-refractivity contribution in [1.29, 1.82) is 0 Å². The first-order chi connectivity index (χ1) is 7.65. The first kappa shape index (κ1) is 11.6. The normalized spacial score (nSPS) is 24.7. The number of aliphatic hydroxyl groups is 1. The smallest absolute Gasteiger partial charge is 0.166 e. The third-order valence-corrected chi connectivity index (χ3v) is 3.09. The zero-order chi connectivity index (χ0) is 11.5. The molecule has 3 nitrogen and oxygen atoms in total. The number of pyridine rings is 1. The summed E-state index contributed by atoms with van der Waals surface area (Å²) in [5, 5.41) is 12.6. The highest BCUT2D eigenvalue weighted by Gasteiger charge is 2.22. The van der Waals surface area contributed by atoms with Crippen molar-refractivity contribution < 1.29 is 9.50 Å². The Balaban J connectivity index is 1.89. The Morgan fingerprint density at radius 3 is 3.00 bits per heavy atom. The van der Waals surface area contributed by atoms with E-state index in [4.69, 9.17) is 11.6 Å². The maximum Gasteiger partial charge on any atom is 0.166 e. The topological polar surface area (TPSA) is 45.1 Å². The van der Waals surface area contributed by atoms with E-state index in [2.05, 4.69) is 10.3 Å². The average Bonchev–Trinajstić information content (AvgIpc) is 2.63. The van der Waals surface area contributed by atoms with Gasteiger partial charge in [0.05, 0.1) is 11.1 Å². The van der Waals surface area contributed by atoms with E-state index in [0.717, 1.165) is 19.3 Å². The molecule has 0 saturated heterocycles. The predicted molar refractivity (Wildman–Crippen MR) is 61.0 cm³/mol. The zero-order valence-electron chi connectivity index (χ0n) is 8.79. The van der Waals surface area contributed by atoms with Gasteiger partial charge in [-0.15, -0.1) is 0 Å². The lowest BCUT2D eigenvalue weighted by atomic mass is 10.1. The lowest BCUT2D eigenvalue weighted by Gasteiger charge is -2.11. The van der Waals surface area contributed by atoms with Gasteiger partial charge in [0.2, 0.25) is 0 Å². The van der Waals surface area contributed by atoms with Gasteiger partial charge in [0.25, 0.3) is 0 Å². The van der Waals surface area contributed by atoms with Gasteiger partial charge in [-0.05, 0) is 31.2 Å². The molecule has 88 valence electrons. The van der Waals surface area contributed by atoms with Crippen LogP contribution < -0.4 is 5.32 Å². The fourth-order valence-corrected chi connectivity index (χ4v) is 2.16. The van der Waals surface area contributed by atoms with Crippen molar-refractivity contribution in [3.63, 3.8) is 0 Å². The highest BCUT2D eigenvalue weighted by atomic mass is 35.5. The molecule has 1 aromatic heterocycles. The Morgan fingerprint density at radius 1 is 1.56 bits per heavy atom. The minimum atomic E-state index is -0.439. The number of nitrogens with one attached hydrogen (secondary N) is 1. The van der Waals surface area contributed by atoms with Crippen molar-refractivity contribution in [1.82, 2.24) is 4.98 Å². The van der Waals surface area contributed by atoms with Crippen LogP contribution >= 0.6 is 11.6 Å². The van der Waals surface area contributed by atoms with Crippen LogP contribution in [-0.2, 0) is 0 Å². The van der Waals surface area contributed by atoms with Gasteiger partial charge in [-0.2, -0.15) is 0 Å². The number of anilines is 1. The van der Waals surface area contributed by atoms with Crippen LogP contribution in [0.1, 0.15) is 19.3 Å². The summed E-state index contributed by atoms with van der Waals surface area (Å²) in [6.07, 6.45) is 3.81. The van der Waals surface area contributed by atoms with Crippen LogP contribution in [0.25, 0.3) is 0 Å². The van der Waals surface area contributed by atoms with Crippen LogP contribution in [-0.4, -0.2) is 22.7 Å². The van der Waals surface area contributed by atoms with Crippen LogP contribution in [0.3, 0.4) is 0 Å². The van der Waals surface area contributed by atoms with Gasteiger partial charge in [0.1, 0.15) is 0 Å². The third-order valence-electron chi connectivity index (χ3n) is 2.88. The van der Waals surface area contributed by atoms with Gasteiger partial charge in [-0.25, -0.2) is 9.37 Å². The molecule has 2 unspecified atom stereocenters. The molecule has 0 amide bonds. The number of hydrogen-bond donors (Lipinski definition) is 2. The summed E-state index contributed by atoms with van der Waals surface area (Å²) in [5.74, 6) is 0.184. The molecule has 1 saturated carbocycles. The maximum atomic E-state index is 13.3. The van der Waals surface area contributed by atoms with Gasteiger partial charge in [0.15, 0.2) is 11.6 Å². The van der Waals surface area contributed by atoms with Crippen LogP contribution in [0, 0.1) is 11.7 Å².